The van der Waals surface area contributed by atoms with Gasteiger partial charge in [-0.1, -0.05) is 0 Å². The summed E-state index contributed by atoms with van der Waals surface area (Å²) in [7, 11) is 0. The second-order valence-corrected chi connectivity index (χ2v) is 3.13. The van der Waals surface area contributed by atoms with E-state index >= 15 is 0 Å². The largest absolute Gasteiger partial charge is 0.415 e. The average Bonchev–Trinajstić information content (AvgIpc) is 2.34. The lowest BCUT2D eigenvalue weighted by atomic mass is 10.4. The Balaban J connectivity index is 2.73. The van der Waals surface area contributed by atoms with Crippen LogP contribution in [0.25, 0.3) is 0 Å². The smallest absolute Gasteiger partial charge is 0.308 e. The minimum atomic E-state index is -0.414. The summed E-state index contributed by atoms with van der Waals surface area (Å²) in [5, 5.41) is 0.515. The van der Waals surface area contributed by atoms with Crippen LogP contribution in [0.2, 0.25) is 0 Å². The van der Waals surface area contributed by atoms with Crippen molar-refractivity contribution < 1.29 is 9.53 Å². The molecule has 13 heavy (non-hydrogen) atoms. The van der Waals surface area contributed by atoms with Crippen LogP contribution in [0, 0.1) is 6.92 Å². The molecule has 1 rings (SSSR count). The molecule has 0 aliphatic carbocycles. The van der Waals surface area contributed by atoms with Crippen molar-refractivity contribution in [3.05, 3.63) is 5.69 Å². The molecule has 1 aromatic heterocycles. The molecule has 0 saturated heterocycles. The van der Waals surface area contributed by atoms with Gasteiger partial charge in [0.15, 0.2) is 6.40 Å². The fraction of sp³-hybridized carbons (Fsp3) is 0.286. The maximum atomic E-state index is 10.4. The number of aryl methyl sites for hydroxylation is 1. The summed E-state index contributed by atoms with van der Waals surface area (Å²) in [5.74, 6) is -0.414. The van der Waals surface area contributed by atoms with Crippen LogP contribution in [-0.2, 0) is 9.53 Å². The standard InChI is InChI=1S/C7H9N3O2S/c1-4-6(7(8)13-10-4)9-3-12-5(2)11/h3H,8H2,1-2H3. The lowest BCUT2D eigenvalue weighted by molar-refractivity contribution is -0.132. The number of esters is 1. The quantitative estimate of drug-likeness (QED) is 0.442. The van der Waals surface area contributed by atoms with Gasteiger partial charge in [0.05, 0.1) is 5.69 Å². The fourth-order valence-corrected chi connectivity index (χ4v) is 1.30. The molecule has 0 atom stereocenters. The Morgan fingerprint density at radius 1 is 1.77 bits per heavy atom. The van der Waals surface area contributed by atoms with E-state index in [4.69, 9.17) is 5.73 Å². The Morgan fingerprint density at radius 3 is 2.92 bits per heavy atom. The first kappa shape index (κ1) is 9.66. The summed E-state index contributed by atoms with van der Waals surface area (Å²) in [6.45, 7) is 3.08. The number of aliphatic imine (C=N–C) groups is 1. The molecule has 0 saturated carbocycles. The zero-order valence-electron chi connectivity index (χ0n) is 7.27. The van der Waals surface area contributed by atoms with E-state index in [0.29, 0.717) is 10.7 Å². The Bertz CT molecular complexity index is 326. The minimum absolute atomic E-state index is 0.414. The van der Waals surface area contributed by atoms with Crippen LogP contribution in [0.15, 0.2) is 4.99 Å². The van der Waals surface area contributed by atoms with Crippen LogP contribution in [0.3, 0.4) is 0 Å². The molecule has 0 amide bonds. The first-order chi connectivity index (χ1) is 6.11. The van der Waals surface area contributed by atoms with Gasteiger partial charge in [-0.15, -0.1) is 0 Å². The van der Waals surface area contributed by atoms with E-state index in [9.17, 15) is 4.79 Å². The Morgan fingerprint density at radius 2 is 2.46 bits per heavy atom. The lowest BCUT2D eigenvalue weighted by Crippen LogP contribution is -1.94. The van der Waals surface area contributed by atoms with Gasteiger partial charge in [-0.05, 0) is 18.5 Å². The molecule has 70 valence electrons. The molecule has 0 spiro atoms. The van der Waals surface area contributed by atoms with Gasteiger partial charge in [0.25, 0.3) is 0 Å². The van der Waals surface area contributed by atoms with Crippen LogP contribution in [0.4, 0.5) is 10.7 Å². The molecular weight excluding hydrogens is 190 g/mol. The van der Waals surface area contributed by atoms with E-state index in [1.165, 1.54) is 6.92 Å². The number of carbonyl (C=O) groups is 1. The van der Waals surface area contributed by atoms with E-state index in [-0.39, 0.29) is 0 Å². The van der Waals surface area contributed by atoms with Crippen molar-refractivity contribution in [3.8, 4) is 0 Å². The number of aromatic nitrogens is 1. The van der Waals surface area contributed by atoms with E-state index in [2.05, 4.69) is 14.1 Å². The predicted octanol–water partition coefficient (Wildman–Crippen LogP) is 1.26. The van der Waals surface area contributed by atoms with Crippen LogP contribution in [-0.4, -0.2) is 16.7 Å². The van der Waals surface area contributed by atoms with Gasteiger partial charge < -0.3 is 10.5 Å². The molecule has 1 aromatic rings. The maximum Gasteiger partial charge on any atom is 0.308 e. The Kier molecular flexibility index (Phi) is 2.97. The summed E-state index contributed by atoms with van der Waals surface area (Å²) < 4.78 is 8.49. The highest BCUT2D eigenvalue weighted by molar-refractivity contribution is 7.10. The van der Waals surface area contributed by atoms with Crippen LogP contribution in [0.5, 0.6) is 0 Å². The summed E-state index contributed by atoms with van der Waals surface area (Å²) in [6.07, 6.45) is 1.06. The zero-order chi connectivity index (χ0) is 9.84. The SMILES string of the molecule is CC(=O)OC=Nc1c(C)nsc1N. The number of carbonyl (C=O) groups excluding carboxylic acids is 1. The molecule has 5 nitrogen and oxygen atoms in total. The molecule has 0 fully saturated rings. The zero-order valence-corrected chi connectivity index (χ0v) is 8.09. The van der Waals surface area contributed by atoms with Crippen molar-refractivity contribution in [2.45, 2.75) is 13.8 Å². The Hall–Kier alpha value is -1.43. The van der Waals surface area contributed by atoms with Crippen molar-refractivity contribution in [2.24, 2.45) is 4.99 Å². The number of rotatable bonds is 2. The normalized spacial score (nSPS) is 10.6. The summed E-state index contributed by atoms with van der Waals surface area (Å²) >= 11 is 1.16. The number of hydrogen-bond donors (Lipinski definition) is 1. The van der Waals surface area contributed by atoms with Crippen molar-refractivity contribution >= 4 is 34.6 Å². The number of anilines is 1. The fourth-order valence-electron chi connectivity index (χ4n) is 0.693. The van der Waals surface area contributed by atoms with Crippen molar-refractivity contribution in [1.29, 1.82) is 0 Å². The van der Waals surface area contributed by atoms with E-state index < -0.39 is 5.97 Å². The Labute approximate surface area is 79.4 Å². The third-order valence-corrected chi connectivity index (χ3v) is 2.01. The monoisotopic (exact) mass is 199 g/mol. The molecule has 0 bridgehead atoms. The molecule has 2 N–H and O–H groups in total. The number of nitrogens with two attached hydrogens (primary N) is 1. The first-order valence-corrected chi connectivity index (χ1v) is 4.30. The summed E-state index contributed by atoms with van der Waals surface area (Å²) in [6, 6.07) is 0. The number of nitrogens with zero attached hydrogens (tertiary/aromatic N) is 2. The third kappa shape index (κ3) is 2.51. The van der Waals surface area contributed by atoms with Gasteiger partial charge >= 0.3 is 5.97 Å². The van der Waals surface area contributed by atoms with Crippen molar-refractivity contribution in [1.82, 2.24) is 4.37 Å². The molecule has 0 aliphatic rings. The molecule has 0 unspecified atom stereocenters. The number of nitrogen functional groups attached to an aromatic ring is 1. The van der Waals surface area contributed by atoms with Gasteiger partial charge in [0.2, 0.25) is 0 Å². The van der Waals surface area contributed by atoms with Gasteiger partial charge in [-0.3, -0.25) is 4.79 Å². The highest BCUT2D eigenvalue weighted by Crippen LogP contribution is 2.29. The van der Waals surface area contributed by atoms with Crippen LogP contribution in [0.1, 0.15) is 12.6 Å². The average molecular weight is 199 g/mol. The van der Waals surface area contributed by atoms with Crippen LogP contribution < -0.4 is 5.73 Å². The molecule has 6 heteroatoms. The second kappa shape index (κ2) is 3.99. The number of ether oxygens (including phenoxy) is 1. The summed E-state index contributed by atoms with van der Waals surface area (Å²) in [5.41, 5.74) is 6.85. The summed E-state index contributed by atoms with van der Waals surface area (Å²) in [4.78, 5) is 14.2. The van der Waals surface area contributed by atoms with Gasteiger partial charge in [0.1, 0.15) is 10.7 Å². The molecule has 0 aromatic carbocycles. The first-order valence-electron chi connectivity index (χ1n) is 3.52. The highest BCUT2D eigenvalue weighted by atomic mass is 32.1. The molecule has 0 aliphatic heterocycles. The molecular formula is C7H9N3O2S. The van der Waals surface area contributed by atoms with Crippen molar-refractivity contribution in [2.75, 3.05) is 5.73 Å². The predicted molar refractivity (Wildman–Crippen MR) is 51.2 cm³/mol. The highest BCUT2D eigenvalue weighted by Gasteiger charge is 2.04. The van der Waals surface area contributed by atoms with E-state index in [1.54, 1.807) is 6.92 Å². The van der Waals surface area contributed by atoms with Gasteiger partial charge in [-0.25, -0.2) is 4.99 Å². The van der Waals surface area contributed by atoms with Gasteiger partial charge in [0, 0.05) is 6.92 Å². The van der Waals surface area contributed by atoms with Crippen LogP contribution >= 0.6 is 11.5 Å². The van der Waals surface area contributed by atoms with E-state index in [0.717, 1.165) is 23.6 Å². The molecule has 1 heterocycles. The minimum Gasteiger partial charge on any atom is -0.415 e. The topological polar surface area (TPSA) is 77.6 Å². The number of hydrogen-bond acceptors (Lipinski definition) is 6. The molecule has 0 radical (unpaired) electrons. The second-order valence-electron chi connectivity index (χ2n) is 2.32. The van der Waals surface area contributed by atoms with Crippen molar-refractivity contribution in [3.63, 3.8) is 0 Å². The maximum absolute atomic E-state index is 10.4. The van der Waals surface area contributed by atoms with E-state index in [1.807, 2.05) is 0 Å². The third-order valence-electron chi connectivity index (χ3n) is 1.26. The lowest BCUT2D eigenvalue weighted by Gasteiger charge is -1.91. The van der Waals surface area contributed by atoms with Gasteiger partial charge in [-0.2, -0.15) is 4.37 Å².